The van der Waals surface area contributed by atoms with Crippen molar-refractivity contribution in [3.8, 4) is 0 Å². The van der Waals surface area contributed by atoms with Crippen LogP contribution < -0.4 is 0 Å². The molecule has 5 heteroatoms. The fraction of sp³-hybridized carbons (Fsp3) is 1.00. The summed E-state index contributed by atoms with van der Waals surface area (Å²) in [6.07, 6.45) is 0. The van der Waals surface area contributed by atoms with Crippen LogP contribution in [0.15, 0.2) is 0 Å². The predicted octanol–water partition coefficient (Wildman–Crippen LogP) is 2.77. The number of hydrogen-bond acceptors (Lipinski definition) is 3. The van der Waals surface area contributed by atoms with E-state index < -0.39 is 7.32 Å². The van der Waals surface area contributed by atoms with Gasteiger partial charge in [-0.05, 0) is 62.3 Å². The molecule has 0 radical (unpaired) electrons. The van der Waals surface area contributed by atoms with Crippen molar-refractivity contribution in [3.05, 3.63) is 0 Å². The normalized spacial score (nSPS) is 13.2. The molecule has 98 valence electrons. The number of hydrogen-bond donors (Lipinski definition) is 0. The van der Waals surface area contributed by atoms with Crippen LogP contribution in [0.3, 0.4) is 0 Å². The summed E-state index contributed by atoms with van der Waals surface area (Å²) in [5, 5.41) is 0. The molecule has 0 spiro atoms. The molecular formula is C12H28BLiO3. The van der Waals surface area contributed by atoms with E-state index in [0.717, 1.165) is 0 Å². The quantitative estimate of drug-likeness (QED) is 0.707. The summed E-state index contributed by atoms with van der Waals surface area (Å²) in [6.45, 7) is 17.9. The first kappa shape index (κ1) is 19.9. The topological polar surface area (TPSA) is 27.7 Å². The van der Waals surface area contributed by atoms with Crippen LogP contribution in [-0.2, 0) is 14.0 Å². The average molecular weight is 238 g/mol. The summed E-state index contributed by atoms with van der Waals surface area (Å²) in [6, 6.07) is 0. The Morgan fingerprint density at radius 1 is 0.529 bits per heavy atom. The van der Waals surface area contributed by atoms with Gasteiger partial charge in [0.1, 0.15) is 0 Å². The molecule has 0 heterocycles. The van der Waals surface area contributed by atoms with Crippen LogP contribution in [0, 0.1) is 0 Å². The third-order valence-corrected chi connectivity index (χ3v) is 1.35. The molecule has 0 N–H and O–H groups in total. The monoisotopic (exact) mass is 238 g/mol. The van der Waals surface area contributed by atoms with E-state index in [4.69, 9.17) is 14.0 Å². The molecule has 0 atom stereocenters. The van der Waals surface area contributed by atoms with Gasteiger partial charge >= 0.3 is 26.2 Å². The molecule has 0 aliphatic rings. The molecule has 0 amide bonds. The Hall–Kier alpha value is 0.542. The molecule has 0 fully saturated rings. The van der Waals surface area contributed by atoms with Crippen molar-refractivity contribution in [2.75, 3.05) is 0 Å². The van der Waals surface area contributed by atoms with E-state index in [1.54, 1.807) is 0 Å². The first-order valence-electron chi connectivity index (χ1n) is 5.82. The van der Waals surface area contributed by atoms with E-state index in [2.05, 4.69) is 0 Å². The second kappa shape index (κ2) is 6.63. The van der Waals surface area contributed by atoms with Crippen LogP contribution in [0.4, 0.5) is 0 Å². The van der Waals surface area contributed by atoms with Crippen LogP contribution in [0.5, 0.6) is 0 Å². The summed E-state index contributed by atoms with van der Waals surface area (Å²) < 4.78 is 17.2. The first-order valence-corrected chi connectivity index (χ1v) is 5.82. The summed E-state index contributed by atoms with van der Waals surface area (Å²) >= 11 is 0. The fourth-order valence-electron chi connectivity index (χ4n) is 0.938. The van der Waals surface area contributed by atoms with Gasteiger partial charge in [-0.3, -0.25) is 0 Å². The van der Waals surface area contributed by atoms with Gasteiger partial charge in [-0.25, -0.2) is 0 Å². The van der Waals surface area contributed by atoms with Gasteiger partial charge in [0.25, 0.3) is 0 Å². The molecule has 0 saturated heterocycles. The van der Waals surface area contributed by atoms with E-state index in [9.17, 15) is 0 Å². The second-order valence-electron chi connectivity index (χ2n) is 6.98. The fourth-order valence-corrected chi connectivity index (χ4v) is 0.938. The molecule has 0 rings (SSSR count). The van der Waals surface area contributed by atoms with Crippen molar-refractivity contribution < 1.29 is 14.0 Å². The van der Waals surface area contributed by atoms with Gasteiger partial charge in [-0.15, -0.1) is 0 Å². The van der Waals surface area contributed by atoms with Gasteiger partial charge in [-0.2, -0.15) is 0 Å². The van der Waals surface area contributed by atoms with Gasteiger partial charge in [0.2, 0.25) is 0 Å². The van der Waals surface area contributed by atoms with E-state index in [-0.39, 0.29) is 35.7 Å². The Balaban J connectivity index is 0. The summed E-state index contributed by atoms with van der Waals surface area (Å²) in [4.78, 5) is 0. The van der Waals surface area contributed by atoms with Crippen molar-refractivity contribution >= 4 is 26.2 Å². The summed E-state index contributed by atoms with van der Waals surface area (Å²) in [5.74, 6) is 0. The van der Waals surface area contributed by atoms with Crippen molar-refractivity contribution in [1.82, 2.24) is 0 Å². The van der Waals surface area contributed by atoms with Gasteiger partial charge in [0, 0.05) is 16.8 Å². The molecule has 17 heavy (non-hydrogen) atoms. The second-order valence-corrected chi connectivity index (χ2v) is 6.98. The van der Waals surface area contributed by atoms with Gasteiger partial charge < -0.3 is 14.0 Å². The van der Waals surface area contributed by atoms with Gasteiger partial charge in [-0.1, -0.05) is 0 Å². The Labute approximate surface area is 119 Å². The van der Waals surface area contributed by atoms with Crippen molar-refractivity contribution in [2.24, 2.45) is 0 Å². The zero-order valence-corrected chi connectivity index (χ0v) is 12.3. The maximum absolute atomic E-state index is 5.75. The molecule has 0 aliphatic carbocycles. The first-order chi connectivity index (χ1) is 6.79. The molecule has 0 aromatic rings. The van der Waals surface area contributed by atoms with Crippen molar-refractivity contribution in [1.29, 1.82) is 0 Å². The average Bonchev–Trinajstić information content (AvgIpc) is 1.70. The molecule has 0 bridgehead atoms. The zero-order valence-electron chi connectivity index (χ0n) is 12.3. The zero-order chi connectivity index (χ0) is 13.2. The third-order valence-electron chi connectivity index (χ3n) is 1.35. The van der Waals surface area contributed by atoms with Crippen molar-refractivity contribution in [2.45, 2.75) is 79.1 Å². The SMILES string of the molecule is CC(C)(C)OB(OC(C)(C)C)OC(C)(C)C.[LiH]. The van der Waals surface area contributed by atoms with Crippen LogP contribution >= 0.6 is 0 Å². The molecule has 0 unspecified atom stereocenters. The van der Waals surface area contributed by atoms with Crippen LogP contribution in [0.25, 0.3) is 0 Å². The third kappa shape index (κ3) is 14.5. The van der Waals surface area contributed by atoms with E-state index in [1.165, 1.54) is 0 Å². The van der Waals surface area contributed by atoms with E-state index in [1.807, 2.05) is 62.3 Å². The van der Waals surface area contributed by atoms with E-state index >= 15 is 0 Å². The molecule has 0 saturated carbocycles. The van der Waals surface area contributed by atoms with Crippen LogP contribution in [0.2, 0.25) is 0 Å². The Morgan fingerprint density at radius 2 is 0.706 bits per heavy atom. The summed E-state index contributed by atoms with van der Waals surface area (Å²) in [7, 11) is -0.639. The Morgan fingerprint density at radius 3 is 0.824 bits per heavy atom. The maximum atomic E-state index is 5.75. The van der Waals surface area contributed by atoms with Crippen LogP contribution in [-0.4, -0.2) is 43.0 Å². The number of rotatable bonds is 3. The Kier molecular flexibility index (Phi) is 7.76. The minimum atomic E-state index is -0.639. The van der Waals surface area contributed by atoms with E-state index in [0.29, 0.717) is 0 Å². The molecular weight excluding hydrogens is 210 g/mol. The Bertz CT molecular complexity index is 175. The van der Waals surface area contributed by atoms with Gasteiger partial charge in [0.05, 0.1) is 0 Å². The molecule has 0 aromatic carbocycles. The van der Waals surface area contributed by atoms with Crippen molar-refractivity contribution in [3.63, 3.8) is 0 Å². The minimum absolute atomic E-state index is 0. The molecule has 0 aliphatic heterocycles. The predicted molar refractivity (Wildman–Crippen MR) is 75.4 cm³/mol. The van der Waals surface area contributed by atoms with Gasteiger partial charge in [0.15, 0.2) is 0 Å². The summed E-state index contributed by atoms with van der Waals surface area (Å²) in [5.41, 5.74) is -0.872. The molecule has 0 aromatic heterocycles. The molecule has 3 nitrogen and oxygen atoms in total. The standard InChI is InChI=1S/C12H27BO3.Li.H/c1-10(2,3)14-13(15-11(4,5)6)16-12(7,8)9;;/h1-9H3;;. The van der Waals surface area contributed by atoms with Crippen LogP contribution in [0.1, 0.15) is 62.3 Å².